The lowest BCUT2D eigenvalue weighted by atomic mass is 9.60. The van der Waals surface area contributed by atoms with Crippen molar-refractivity contribution in [1.29, 1.82) is 0 Å². The number of aromatic nitrogens is 4. The summed E-state index contributed by atoms with van der Waals surface area (Å²) in [5, 5.41) is 18.5. The average Bonchev–Trinajstić information content (AvgIpc) is 3.62. The van der Waals surface area contributed by atoms with Crippen molar-refractivity contribution >= 4 is 10.9 Å². The highest BCUT2D eigenvalue weighted by Gasteiger charge is 2.58. The van der Waals surface area contributed by atoms with Crippen LogP contribution in [-0.4, -0.2) is 30.9 Å². The Morgan fingerprint density at radius 1 is 0.946 bits per heavy atom. The van der Waals surface area contributed by atoms with Gasteiger partial charge in [-0.3, -0.25) is 10.1 Å². The number of nitrogens with one attached hydrogen (secondary N) is 1. The van der Waals surface area contributed by atoms with E-state index in [1.165, 1.54) is 6.07 Å². The molecule has 0 aliphatic heterocycles. The predicted molar refractivity (Wildman–Crippen MR) is 141 cm³/mol. The van der Waals surface area contributed by atoms with Crippen LogP contribution >= 0.6 is 0 Å². The number of fused-ring (bicyclic) bond motifs is 1. The molecule has 0 bridgehead atoms. The van der Waals surface area contributed by atoms with Gasteiger partial charge >= 0.3 is 0 Å². The van der Waals surface area contributed by atoms with E-state index in [4.69, 9.17) is 10.7 Å². The number of halogens is 1. The van der Waals surface area contributed by atoms with E-state index in [1.807, 2.05) is 42.5 Å². The highest BCUT2D eigenvalue weighted by Crippen LogP contribution is 2.57. The maximum absolute atomic E-state index is 15.1. The Kier molecular flexibility index (Phi) is 4.83. The molecule has 0 saturated heterocycles. The zero-order valence-corrected chi connectivity index (χ0v) is 20.2. The second-order valence-electron chi connectivity index (χ2n) is 10.5. The van der Waals surface area contributed by atoms with E-state index in [0.29, 0.717) is 35.6 Å². The Labute approximate surface area is 213 Å². The Balaban J connectivity index is 1.34. The summed E-state index contributed by atoms with van der Waals surface area (Å²) in [5.74, 6) is 0.0833. The van der Waals surface area contributed by atoms with Gasteiger partial charge in [-0.1, -0.05) is 42.5 Å². The second kappa shape index (κ2) is 8.03. The smallest absolute Gasteiger partial charge is 0.131 e. The molecule has 0 unspecified atom stereocenters. The number of H-pyrrole nitrogens is 1. The molecule has 3 heterocycles. The van der Waals surface area contributed by atoms with Crippen molar-refractivity contribution in [3.63, 3.8) is 0 Å². The van der Waals surface area contributed by atoms with Crippen LogP contribution in [0.3, 0.4) is 0 Å². The highest BCUT2D eigenvalue weighted by molar-refractivity contribution is 5.98. The molecule has 7 heteroatoms. The van der Waals surface area contributed by atoms with E-state index in [0.717, 1.165) is 46.1 Å². The molecule has 3 aromatic heterocycles. The van der Waals surface area contributed by atoms with E-state index in [-0.39, 0.29) is 5.82 Å². The van der Waals surface area contributed by atoms with Gasteiger partial charge in [-0.05, 0) is 55.4 Å². The lowest BCUT2D eigenvalue weighted by molar-refractivity contribution is -0.106. The van der Waals surface area contributed by atoms with Crippen LogP contribution < -0.4 is 5.73 Å². The van der Waals surface area contributed by atoms with Gasteiger partial charge in [0.2, 0.25) is 0 Å². The lowest BCUT2D eigenvalue weighted by Crippen LogP contribution is -2.60. The first-order chi connectivity index (χ1) is 17.9. The minimum Gasteiger partial charge on any atom is -0.389 e. The molecule has 7 rings (SSSR count). The third kappa shape index (κ3) is 3.65. The molecule has 2 aliphatic carbocycles. The minimum absolute atomic E-state index is 0.315. The summed E-state index contributed by atoms with van der Waals surface area (Å²) in [7, 11) is 0. The number of benzene rings is 2. The maximum atomic E-state index is 15.1. The predicted octanol–water partition coefficient (Wildman–Crippen LogP) is 5.58. The van der Waals surface area contributed by atoms with Crippen molar-refractivity contribution in [2.45, 2.75) is 36.8 Å². The SMILES string of the molecule is N[C@]1(c2ccc(-c3nc4ccnc(-c5cn[nH]c5)c4cc3-c3ccccc3F)cc2)C[C@](O)(C2CC2)C1. The van der Waals surface area contributed by atoms with Crippen LogP contribution in [0.2, 0.25) is 0 Å². The quantitative estimate of drug-likeness (QED) is 0.298. The molecule has 5 aromatic rings. The fourth-order valence-electron chi connectivity index (χ4n) is 5.93. The molecule has 0 atom stereocenters. The van der Waals surface area contributed by atoms with Crippen molar-refractivity contribution in [3.8, 4) is 33.6 Å². The largest absolute Gasteiger partial charge is 0.389 e. The first-order valence-electron chi connectivity index (χ1n) is 12.6. The van der Waals surface area contributed by atoms with Gasteiger partial charge in [-0.2, -0.15) is 5.10 Å². The number of pyridine rings is 2. The van der Waals surface area contributed by atoms with Crippen LogP contribution in [0.4, 0.5) is 4.39 Å². The number of hydrogen-bond acceptors (Lipinski definition) is 5. The number of aliphatic hydroxyl groups is 1. The van der Waals surface area contributed by atoms with E-state index < -0.39 is 11.1 Å². The summed E-state index contributed by atoms with van der Waals surface area (Å²) in [6.45, 7) is 0. The van der Waals surface area contributed by atoms with Crippen molar-refractivity contribution in [1.82, 2.24) is 20.2 Å². The van der Waals surface area contributed by atoms with Gasteiger partial charge in [0, 0.05) is 45.6 Å². The number of nitrogens with zero attached hydrogens (tertiary/aromatic N) is 3. The number of nitrogens with two attached hydrogens (primary N) is 1. The Hall–Kier alpha value is -3.94. The van der Waals surface area contributed by atoms with Crippen LogP contribution in [0.25, 0.3) is 44.5 Å². The van der Waals surface area contributed by atoms with Gasteiger partial charge in [0.05, 0.1) is 28.7 Å². The fraction of sp³-hybridized carbons (Fsp3) is 0.233. The molecular formula is C30H26FN5O. The molecular weight excluding hydrogens is 465 g/mol. The van der Waals surface area contributed by atoms with Gasteiger partial charge in [-0.25, -0.2) is 9.37 Å². The van der Waals surface area contributed by atoms with Gasteiger partial charge in [0.15, 0.2) is 0 Å². The monoisotopic (exact) mass is 491 g/mol. The summed E-state index contributed by atoms with van der Waals surface area (Å²) in [6, 6.07) is 18.6. The fourth-order valence-corrected chi connectivity index (χ4v) is 5.93. The minimum atomic E-state index is -0.619. The molecule has 0 radical (unpaired) electrons. The number of aromatic amines is 1. The Morgan fingerprint density at radius 2 is 1.73 bits per heavy atom. The zero-order valence-electron chi connectivity index (χ0n) is 20.2. The topological polar surface area (TPSA) is 101 Å². The summed E-state index contributed by atoms with van der Waals surface area (Å²) in [6.07, 6.45) is 8.58. The summed E-state index contributed by atoms with van der Waals surface area (Å²) in [5.41, 5.74) is 11.6. The molecule has 4 N–H and O–H groups in total. The second-order valence-corrected chi connectivity index (χ2v) is 10.5. The van der Waals surface area contributed by atoms with Gasteiger partial charge < -0.3 is 10.8 Å². The van der Waals surface area contributed by atoms with Crippen molar-refractivity contribution < 1.29 is 9.50 Å². The van der Waals surface area contributed by atoms with Crippen LogP contribution in [0.1, 0.15) is 31.2 Å². The molecule has 0 spiro atoms. The molecule has 0 amide bonds. The van der Waals surface area contributed by atoms with Crippen molar-refractivity contribution in [2.24, 2.45) is 11.7 Å². The van der Waals surface area contributed by atoms with Crippen LogP contribution in [-0.2, 0) is 5.54 Å². The molecule has 2 fully saturated rings. The average molecular weight is 492 g/mol. The van der Waals surface area contributed by atoms with Crippen molar-refractivity contribution in [3.05, 3.63) is 90.6 Å². The lowest BCUT2D eigenvalue weighted by Gasteiger charge is -2.52. The summed E-state index contributed by atoms with van der Waals surface area (Å²) in [4.78, 5) is 9.57. The molecule has 2 aromatic carbocycles. The van der Waals surface area contributed by atoms with Crippen LogP contribution in [0, 0.1) is 11.7 Å². The van der Waals surface area contributed by atoms with Crippen LogP contribution in [0.5, 0.6) is 0 Å². The van der Waals surface area contributed by atoms with Gasteiger partial charge in [0.25, 0.3) is 0 Å². The molecule has 184 valence electrons. The third-order valence-corrected chi connectivity index (χ3v) is 7.99. The zero-order chi connectivity index (χ0) is 25.2. The van der Waals surface area contributed by atoms with E-state index in [9.17, 15) is 5.11 Å². The van der Waals surface area contributed by atoms with Gasteiger partial charge in [0.1, 0.15) is 5.82 Å². The summed E-state index contributed by atoms with van der Waals surface area (Å²) >= 11 is 0. The Morgan fingerprint density at radius 3 is 2.43 bits per heavy atom. The van der Waals surface area contributed by atoms with E-state index >= 15 is 4.39 Å². The Bertz CT molecular complexity index is 1620. The van der Waals surface area contributed by atoms with E-state index in [2.05, 4.69) is 15.2 Å². The highest BCUT2D eigenvalue weighted by atomic mass is 19.1. The standard InChI is InChI=1S/C30H26FN5O/c31-25-4-2-1-3-22(25)23-13-24-26(11-12-33-27(24)19-14-34-35-15-19)36-28(23)18-5-7-20(8-6-18)29(32)16-30(37,17-29)21-9-10-21/h1-8,11-15,21,37H,9-10,16-17,32H2,(H,34,35)/t29-,30-. The molecule has 6 nitrogen and oxygen atoms in total. The molecule has 2 saturated carbocycles. The number of rotatable bonds is 5. The normalized spacial score (nSPS) is 23.2. The first kappa shape index (κ1) is 22.3. The number of hydrogen-bond donors (Lipinski definition) is 3. The van der Waals surface area contributed by atoms with E-state index in [1.54, 1.807) is 30.7 Å². The van der Waals surface area contributed by atoms with Crippen molar-refractivity contribution in [2.75, 3.05) is 0 Å². The maximum Gasteiger partial charge on any atom is 0.131 e. The van der Waals surface area contributed by atoms with Crippen LogP contribution in [0.15, 0.2) is 79.3 Å². The third-order valence-electron chi connectivity index (χ3n) is 7.99. The van der Waals surface area contributed by atoms with Gasteiger partial charge in [-0.15, -0.1) is 0 Å². The summed E-state index contributed by atoms with van der Waals surface area (Å²) < 4.78 is 15.1. The molecule has 2 aliphatic rings. The first-order valence-corrected chi connectivity index (χ1v) is 12.6. The molecule has 37 heavy (non-hydrogen) atoms.